The molecule has 4 unspecified atom stereocenters. The van der Waals surface area contributed by atoms with Crippen LogP contribution in [0.25, 0.3) is 0 Å². The van der Waals surface area contributed by atoms with Crippen molar-refractivity contribution in [3.63, 3.8) is 0 Å². The minimum Gasteiger partial charge on any atom is -0.377 e. The van der Waals surface area contributed by atoms with E-state index < -0.39 is 0 Å². The van der Waals surface area contributed by atoms with E-state index in [2.05, 4.69) is 94.4 Å². The van der Waals surface area contributed by atoms with Gasteiger partial charge in [-0.1, -0.05) is 86.2 Å². The second kappa shape index (κ2) is 11.5. The Bertz CT molecular complexity index is 1030. The largest absolute Gasteiger partial charge is 0.377 e. The van der Waals surface area contributed by atoms with Gasteiger partial charge >= 0.3 is 0 Å². The van der Waals surface area contributed by atoms with Gasteiger partial charge in [-0.15, -0.1) is 0 Å². The summed E-state index contributed by atoms with van der Waals surface area (Å²) in [6.45, 7) is 12.1. The summed E-state index contributed by atoms with van der Waals surface area (Å²) in [6, 6.07) is 21.3. The molecule has 3 aliphatic rings. The number of rotatable bonds is 9. The second-order valence-corrected chi connectivity index (χ2v) is 12.6. The standard InChI is InChI=1S/C35H48O2/c1-5-29-17-19-32-31-18-16-30(21-23-36-24-27-12-8-6-9-13-27)35(4,33(31)20-22-34(29,32)3)26(2)37-25-28-14-10-7-11-15-28/h5-15,26,30-33H,16-25H2,1-4H3/b29-5-/t26-,30?,31?,32?,33?,34+,35-/m0/s1. The molecule has 0 N–H and O–H groups in total. The Balaban J connectivity index is 1.33. The molecule has 200 valence electrons. The molecular weight excluding hydrogens is 452 g/mol. The first-order valence-corrected chi connectivity index (χ1v) is 14.9. The van der Waals surface area contributed by atoms with E-state index in [0.29, 0.717) is 24.5 Å². The molecule has 0 bridgehead atoms. The highest BCUT2D eigenvalue weighted by molar-refractivity contribution is 5.24. The van der Waals surface area contributed by atoms with Crippen LogP contribution in [0.3, 0.4) is 0 Å². The molecule has 0 spiro atoms. The van der Waals surface area contributed by atoms with Gasteiger partial charge in [0.1, 0.15) is 0 Å². The van der Waals surface area contributed by atoms with Crippen LogP contribution < -0.4 is 0 Å². The quantitative estimate of drug-likeness (QED) is 0.253. The Labute approximate surface area is 225 Å². The van der Waals surface area contributed by atoms with E-state index in [1.807, 2.05) is 0 Å². The smallest absolute Gasteiger partial charge is 0.0720 e. The SMILES string of the molecule is C/C=C1/CCC2C3CCC(CCOCc4ccccc4)[C@](C)([C@H](C)OCc4ccccc4)C3CC[C@]12C. The van der Waals surface area contributed by atoms with Crippen molar-refractivity contribution in [1.82, 2.24) is 0 Å². The highest BCUT2D eigenvalue weighted by Crippen LogP contribution is 2.66. The fraction of sp³-hybridized carbons (Fsp3) is 0.600. The summed E-state index contributed by atoms with van der Waals surface area (Å²) in [5.41, 5.74) is 4.88. The van der Waals surface area contributed by atoms with Gasteiger partial charge in [-0.05, 0) is 104 Å². The van der Waals surface area contributed by atoms with Crippen molar-refractivity contribution in [2.24, 2.45) is 34.5 Å². The molecule has 0 amide bonds. The van der Waals surface area contributed by atoms with Crippen molar-refractivity contribution in [1.29, 1.82) is 0 Å². The topological polar surface area (TPSA) is 18.5 Å². The van der Waals surface area contributed by atoms with Gasteiger partial charge in [-0.25, -0.2) is 0 Å². The molecule has 2 heteroatoms. The van der Waals surface area contributed by atoms with Crippen LogP contribution in [0.2, 0.25) is 0 Å². The predicted molar refractivity (Wildman–Crippen MR) is 153 cm³/mol. The normalized spacial score (nSPS) is 35.2. The van der Waals surface area contributed by atoms with Crippen LogP contribution in [0.1, 0.15) is 83.8 Å². The average Bonchev–Trinajstić information content (AvgIpc) is 3.28. The third-order valence-corrected chi connectivity index (χ3v) is 11.1. The van der Waals surface area contributed by atoms with Crippen LogP contribution in [-0.4, -0.2) is 12.7 Å². The highest BCUT2D eigenvalue weighted by atomic mass is 16.5. The van der Waals surface area contributed by atoms with Gasteiger partial charge in [0.2, 0.25) is 0 Å². The van der Waals surface area contributed by atoms with E-state index in [4.69, 9.17) is 9.47 Å². The van der Waals surface area contributed by atoms with E-state index in [1.54, 1.807) is 5.57 Å². The predicted octanol–water partition coefficient (Wildman–Crippen LogP) is 9.00. The van der Waals surface area contributed by atoms with Gasteiger partial charge < -0.3 is 9.47 Å². The third-order valence-electron chi connectivity index (χ3n) is 11.1. The lowest BCUT2D eigenvalue weighted by atomic mass is 9.46. The number of allylic oxidation sites excluding steroid dienone is 2. The summed E-state index contributed by atoms with van der Waals surface area (Å²) in [7, 11) is 0. The minimum atomic E-state index is 0.174. The van der Waals surface area contributed by atoms with Crippen LogP contribution in [0.15, 0.2) is 72.3 Å². The summed E-state index contributed by atoms with van der Waals surface area (Å²) >= 11 is 0. The zero-order valence-electron chi connectivity index (χ0n) is 23.6. The Morgan fingerprint density at radius 3 is 2.22 bits per heavy atom. The van der Waals surface area contributed by atoms with Crippen LogP contribution in [0, 0.1) is 34.5 Å². The van der Waals surface area contributed by atoms with Gasteiger partial charge in [-0.2, -0.15) is 0 Å². The fourth-order valence-electron chi connectivity index (χ4n) is 8.85. The first kappa shape index (κ1) is 26.7. The maximum Gasteiger partial charge on any atom is 0.0720 e. The van der Waals surface area contributed by atoms with Gasteiger partial charge in [0.05, 0.1) is 19.3 Å². The van der Waals surface area contributed by atoms with Crippen molar-refractivity contribution >= 4 is 0 Å². The molecule has 0 aromatic heterocycles. The fourth-order valence-corrected chi connectivity index (χ4v) is 8.85. The molecule has 5 rings (SSSR count). The van der Waals surface area contributed by atoms with Crippen molar-refractivity contribution in [3.05, 3.63) is 83.4 Å². The highest BCUT2D eigenvalue weighted by Gasteiger charge is 2.59. The molecule has 3 saturated carbocycles. The van der Waals surface area contributed by atoms with Crippen molar-refractivity contribution < 1.29 is 9.47 Å². The van der Waals surface area contributed by atoms with Gasteiger partial charge in [-0.3, -0.25) is 0 Å². The summed E-state index contributed by atoms with van der Waals surface area (Å²) < 4.78 is 13.0. The maximum atomic E-state index is 6.75. The van der Waals surface area contributed by atoms with Crippen LogP contribution in [0.5, 0.6) is 0 Å². The number of ether oxygens (including phenoxy) is 2. The van der Waals surface area contributed by atoms with E-state index in [1.165, 1.54) is 49.7 Å². The molecule has 3 fully saturated rings. The zero-order valence-corrected chi connectivity index (χ0v) is 23.6. The third kappa shape index (κ3) is 5.21. The first-order valence-electron chi connectivity index (χ1n) is 14.9. The molecule has 0 saturated heterocycles. The molecule has 0 heterocycles. The van der Waals surface area contributed by atoms with Gasteiger partial charge in [0.15, 0.2) is 0 Å². The zero-order chi connectivity index (χ0) is 25.9. The molecule has 2 aromatic carbocycles. The summed E-state index contributed by atoms with van der Waals surface area (Å²) in [5.74, 6) is 3.04. The monoisotopic (exact) mass is 500 g/mol. The van der Waals surface area contributed by atoms with Crippen molar-refractivity contribution in [2.75, 3.05) is 6.61 Å². The lowest BCUT2D eigenvalue weighted by molar-refractivity contribution is -0.159. The minimum absolute atomic E-state index is 0.174. The van der Waals surface area contributed by atoms with Crippen LogP contribution in [-0.2, 0) is 22.7 Å². The lowest BCUT2D eigenvalue weighted by Crippen LogP contribution is -2.55. The van der Waals surface area contributed by atoms with E-state index in [-0.39, 0.29) is 11.5 Å². The number of benzene rings is 2. The number of hydrogen-bond acceptors (Lipinski definition) is 2. The molecule has 0 radical (unpaired) electrons. The molecule has 3 aliphatic carbocycles. The summed E-state index contributed by atoms with van der Waals surface area (Å²) in [5, 5.41) is 0. The molecular formula is C35H48O2. The molecule has 7 atom stereocenters. The van der Waals surface area contributed by atoms with Crippen molar-refractivity contribution in [3.8, 4) is 0 Å². The molecule has 37 heavy (non-hydrogen) atoms. The Morgan fingerprint density at radius 1 is 0.865 bits per heavy atom. The average molecular weight is 501 g/mol. The summed E-state index contributed by atoms with van der Waals surface area (Å²) in [4.78, 5) is 0. The van der Waals surface area contributed by atoms with Crippen LogP contribution >= 0.6 is 0 Å². The van der Waals surface area contributed by atoms with Gasteiger partial charge in [0, 0.05) is 6.61 Å². The van der Waals surface area contributed by atoms with Crippen molar-refractivity contribution in [2.45, 2.75) is 92.0 Å². The molecule has 2 nitrogen and oxygen atoms in total. The lowest BCUT2D eigenvalue weighted by Gasteiger charge is -2.60. The van der Waals surface area contributed by atoms with E-state index >= 15 is 0 Å². The Morgan fingerprint density at radius 2 is 1.54 bits per heavy atom. The first-order chi connectivity index (χ1) is 18.0. The van der Waals surface area contributed by atoms with E-state index in [9.17, 15) is 0 Å². The number of fused-ring (bicyclic) bond motifs is 3. The van der Waals surface area contributed by atoms with E-state index in [0.717, 1.165) is 30.8 Å². The maximum absolute atomic E-state index is 6.75. The van der Waals surface area contributed by atoms with Gasteiger partial charge in [0.25, 0.3) is 0 Å². The molecule has 0 aliphatic heterocycles. The second-order valence-electron chi connectivity index (χ2n) is 12.6. The number of hydrogen-bond donors (Lipinski definition) is 0. The summed E-state index contributed by atoms with van der Waals surface area (Å²) in [6.07, 6.45) is 11.9. The Kier molecular flexibility index (Phi) is 8.27. The Hall–Kier alpha value is -1.90. The van der Waals surface area contributed by atoms with Crippen LogP contribution in [0.4, 0.5) is 0 Å². The molecule has 2 aromatic rings.